The summed E-state index contributed by atoms with van der Waals surface area (Å²) in [5.74, 6) is 0. The average Bonchev–Trinajstić information content (AvgIpc) is 2.15. The lowest BCUT2D eigenvalue weighted by atomic mass is 9.95. The van der Waals surface area contributed by atoms with Crippen LogP contribution in [0.15, 0.2) is 24.3 Å². The molecule has 1 N–H and O–H groups in total. The minimum Gasteiger partial charge on any atom is -0.389 e. The summed E-state index contributed by atoms with van der Waals surface area (Å²) in [7, 11) is 2.08. The Kier molecular flexibility index (Phi) is 3.98. The maximum absolute atomic E-state index is 9.73. The molecule has 0 bridgehead atoms. The van der Waals surface area contributed by atoms with E-state index in [2.05, 4.69) is 38.8 Å². The number of benzene rings is 1. The van der Waals surface area contributed by atoms with Crippen LogP contribution in [0.1, 0.15) is 39.4 Å². The zero-order valence-electron chi connectivity index (χ0n) is 11.0. The van der Waals surface area contributed by atoms with Crippen LogP contribution < -0.4 is 4.90 Å². The van der Waals surface area contributed by atoms with Crippen molar-refractivity contribution in [3.8, 4) is 0 Å². The first-order valence-corrected chi connectivity index (χ1v) is 5.79. The third kappa shape index (κ3) is 3.53. The Morgan fingerprint density at radius 1 is 1.25 bits per heavy atom. The minimum absolute atomic E-state index is 0.251. The van der Waals surface area contributed by atoms with Crippen LogP contribution >= 0.6 is 0 Å². The summed E-state index contributed by atoms with van der Waals surface area (Å²) in [6.45, 7) is 9.43. The number of para-hydroxylation sites is 1. The number of hydrogen-bond acceptors (Lipinski definition) is 2. The van der Waals surface area contributed by atoms with Gasteiger partial charge in [-0.1, -0.05) is 39.0 Å². The number of anilines is 1. The second-order valence-corrected chi connectivity index (χ2v) is 5.65. The molecule has 90 valence electrons. The molecule has 0 heterocycles. The maximum Gasteiger partial charge on any atom is 0.0781 e. The lowest BCUT2D eigenvalue weighted by Gasteiger charge is -2.30. The molecule has 16 heavy (non-hydrogen) atoms. The second kappa shape index (κ2) is 4.88. The summed E-state index contributed by atoms with van der Waals surface area (Å²) in [4.78, 5) is 2.21. The van der Waals surface area contributed by atoms with E-state index in [-0.39, 0.29) is 5.41 Å². The SMILES string of the molecule is C[C@@H](O)c1ccccc1N(C)CC(C)(C)C. The third-order valence-corrected chi connectivity index (χ3v) is 2.51. The lowest BCUT2D eigenvalue weighted by molar-refractivity contribution is 0.199. The van der Waals surface area contributed by atoms with Crippen molar-refractivity contribution in [2.75, 3.05) is 18.5 Å². The van der Waals surface area contributed by atoms with Crippen molar-refractivity contribution in [1.82, 2.24) is 0 Å². The molecule has 0 aromatic heterocycles. The molecule has 0 saturated heterocycles. The van der Waals surface area contributed by atoms with Crippen molar-refractivity contribution >= 4 is 5.69 Å². The van der Waals surface area contributed by atoms with E-state index in [4.69, 9.17) is 0 Å². The first kappa shape index (κ1) is 13.0. The average molecular weight is 221 g/mol. The Morgan fingerprint density at radius 2 is 1.81 bits per heavy atom. The van der Waals surface area contributed by atoms with Gasteiger partial charge in [0.25, 0.3) is 0 Å². The summed E-state index contributed by atoms with van der Waals surface area (Å²) in [6, 6.07) is 8.03. The molecule has 1 aromatic rings. The van der Waals surface area contributed by atoms with Crippen LogP contribution in [-0.2, 0) is 0 Å². The van der Waals surface area contributed by atoms with Crippen molar-refractivity contribution < 1.29 is 5.11 Å². The smallest absolute Gasteiger partial charge is 0.0781 e. The number of hydrogen-bond donors (Lipinski definition) is 1. The standard InChI is InChI=1S/C14H23NO/c1-11(16)12-8-6-7-9-13(12)15(5)10-14(2,3)4/h6-9,11,16H,10H2,1-5H3/t11-/m1/s1. The Balaban J connectivity index is 2.95. The largest absolute Gasteiger partial charge is 0.389 e. The molecule has 0 saturated carbocycles. The fourth-order valence-corrected chi connectivity index (χ4v) is 1.99. The highest BCUT2D eigenvalue weighted by Crippen LogP contribution is 2.27. The van der Waals surface area contributed by atoms with Crippen molar-refractivity contribution in [1.29, 1.82) is 0 Å². The van der Waals surface area contributed by atoms with Crippen LogP contribution in [0.5, 0.6) is 0 Å². The molecule has 2 nitrogen and oxygen atoms in total. The van der Waals surface area contributed by atoms with Gasteiger partial charge in [-0.15, -0.1) is 0 Å². The normalized spacial score (nSPS) is 13.6. The van der Waals surface area contributed by atoms with Gasteiger partial charge in [-0.3, -0.25) is 0 Å². The van der Waals surface area contributed by atoms with Crippen LogP contribution in [0.25, 0.3) is 0 Å². The number of nitrogens with zero attached hydrogens (tertiary/aromatic N) is 1. The summed E-state index contributed by atoms with van der Waals surface area (Å²) < 4.78 is 0. The number of rotatable bonds is 3. The van der Waals surface area contributed by atoms with Crippen molar-refractivity contribution in [2.45, 2.75) is 33.8 Å². The second-order valence-electron chi connectivity index (χ2n) is 5.65. The van der Waals surface area contributed by atoms with E-state index >= 15 is 0 Å². The summed E-state index contributed by atoms with van der Waals surface area (Å²) in [5, 5.41) is 9.73. The van der Waals surface area contributed by atoms with Gasteiger partial charge in [0, 0.05) is 24.8 Å². The maximum atomic E-state index is 9.73. The topological polar surface area (TPSA) is 23.5 Å². The van der Waals surface area contributed by atoms with Crippen LogP contribution in [0.4, 0.5) is 5.69 Å². The van der Waals surface area contributed by atoms with Gasteiger partial charge in [0.15, 0.2) is 0 Å². The molecule has 1 atom stereocenters. The first-order chi connectivity index (χ1) is 7.31. The van der Waals surface area contributed by atoms with Gasteiger partial charge >= 0.3 is 0 Å². The van der Waals surface area contributed by atoms with Gasteiger partial charge < -0.3 is 10.0 Å². The first-order valence-electron chi connectivity index (χ1n) is 5.79. The molecular formula is C14H23NO. The monoisotopic (exact) mass is 221 g/mol. The van der Waals surface area contributed by atoms with E-state index in [9.17, 15) is 5.11 Å². The molecule has 0 unspecified atom stereocenters. The predicted octanol–water partition coefficient (Wildman–Crippen LogP) is 3.22. The molecule has 1 rings (SSSR count). The fraction of sp³-hybridized carbons (Fsp3) is 0.571. The molecule has 0 aliphatic heterocycles. The molecule has 0 aliphatic rings. The zero-order valence-corrected chi connectivity index (χ0v) is 11.0. The van der Waals surface area contributed by atoms with Gasteiger partial charge in [0.1, 0.15) is 0 Å². The molecule has 0 amide bonds. The molecule has 0 aliphatic carbocycles. The predicted molar refractivity (Wildman–Crippen MR) is 69.8 cm³/mol. The van der Waals surface area contributed by atoms with Gasteiger partial charge in [-0.05, 0) is 18.4 Å². The summed E-state index contributed by atoms with van der Waals surface area (Å²) >= 11 is 0. The highest BCUT2D eigenvalue weighted by atomic mass is 16.3. The zero-order chi connectivity index (χ0) is 12.3. The van der Waals surface area contributed by atoms with E-state index < -0.39 is 6.10 Å². The Bertz CT molecular complexity index is 339. The minimum atomic E-state index is -0.418. The summed E-state index contributed by atoms with van der Waals surface area (Å²) in [5.41, 5.74) is 2.36. The molecule has 0 radical (unpaired) electrons. The van der Waals surface area contributed by atoms with E-state index in [1.54, 1.807) is 0 Å². The van der Waals surface area contributed by atoms with Crippen LogP contribution in [-0.4, -0.2) is 18.7 Å². The Labute approximate surface area is 98.9 Å². The Morgan fingerprint density at radius 3 is 2.31 bits per heavy atom. The van der Waals surface area contributed by atoms with E-state index in [0.29, 0.717) is 0 Å². The van der Waals surface area contributed by atoms with Crippen LogP contribution in [0.2, 0.25) is 0 Å². The molecule has 0 spiro atoms. The summed E-state index contributed by atoms with van der Waals surface area (Å²) in [6.07, 6.45) is -0.418. The lowest BCUT2D eigenvalue weighted by Crippen LogP contribution is -2.29. The van der Waals surface area contributed by atoms with Gasteiger partial charge in [-0.2, -0.15) is 0 Å². The number of aliphatic hydroxyl groups excluding tert-OH is 1. The van der Waals surface area contributed by atoms with Crippen molar-refractivity contribution in [3.63, 3.8) is 0 Å². The van der Waals surface area contributed by atoms with Gasteiger partial charge in [-0.25, -0.2) is 0 Å². The third-order valence-electron chi connectivity index (χ3n) is 2.51. The number of aliphatic hydroxyl groups is 1. The molecule has 0 fully saturated rings. The highest BCUT2D eigenvalue weighted by molar-refractivity contribution is 5.54. The quantitative estimate of drug-likeness (QED) is 0.847. The van der Waals surface area contributed by atoms with E-state index in [1.807, 2.05) is 25.1 Å². The molecular weight excluding hydrogens is 198 g/mol. The molecule has 2 heteroatoms. The van der Waals surface area contributed by atoms with E-state index in [1.165, 1.54) is 0 Å². The fourth-order valence-electron chi connectivity index (χ4n) is 1.99. The molecule has 1 aromatic carbocycles. The van der Waals surface area contributed by atoms with Gasteiger partial charge in [0.05, 0.1) is 6.10 Å². The van der Waals surface area contributed by atoms with E-state index in [0.717, 1.165) is 17.8 Å². The van der Waals surface area contributed by atoms with Crippen LogP contribution in [0, 0.1) is 5.41 Å². The van der Waals surface area contributed by atoms with Crippen molar-refractivity contribution in [2.24, 2.45) is 5.41 Å². The van der Waals surface area contributed by atoms with Crippen LogP contribution in [0.3, 0.4) is 0 Å². The van der Waals surface area contributed by atoms with Crippen molar-refractivity contribution in [3.05, 3.63) is 29.8 Å². The van der Waals surface area contributed by atoms with Gasteiger partial charge in [0.2, 0.25) is 0 Å². The highest BCUT2D eigenvalue weighted by Gasteiger charge is 2.17. The Hall–Kier alpha value is -1.02.